The third kappa shape index (κ3) is 6.75. The Balaban J connectivity index is 1.59. The van der Waals surface area contributed by atoms with Gasteiger partial charge in [-0.15, -0.1) is 0 Å². The summed E-state index contributed by atoms with van der Waals surface area (Å²) in [5.41, 5.74) is 7.70. The molecular weight excluding hydrogens is 545 g/mol. The lowest BCUT2D eigenvalue weighted by atomic mass is 9.97. The van der Waals surface area contributed by atoms with Gasteiger partial charge in [0.25, 0.3) is 5.91 Å². The fraction of sp³-hybridized carbons (Fsp3) is 0.400. The van der Waals surface area contributed by atoms with Crippen LogP contribution in [-0.2, 0) is 32.5 Å². The molecule has 3 unspecified atom stereocenters. The van der Waals surface area contributed by atoms with Gasteiger partial charge in [-0.05, 0) is 46.9 Å². The van der Waals surface area contributed by atoms with Gasteiger partial charge < -0.3 is 16.0 Å². The lowest BCUT2D eigenvalue weighted by Gasteiger charge is -2.46. The van der Waals surface area contributed by atoms with E-state index in [2.05, 4.69) is 11.4 Å². The maximum atomic E-state index is 13.9. The van der Waals surface area contributed by atoms with Gasteiger partial charge in [0.1, 0.15) is 5.82 Å². The molecule has 1 aliphatic heterocycles. The van der Waals surface area contributed by atoms with Gasteiger partial charge >= 0.3 is 0 Å². The summed E-state index contributed by atoms with van der Waals surface area (Å²) < 4.78 is 38.9. The zero-order chi connectivity index (χ0) is 29.8. The number of sulfonamides is 1. The molecule has 0 radical (unpaired) electrons. The SMILES string of the molecule is CCCC1CN(C(Cc2ccc3ccccc3c2)C(=O)NC)CCN1C(=O)C(N)(Cc1ccc(F)cc1)S(N)(=O)=O. The first-order chi connectivity index (χ1) is 19.5. The molecule has 1 saturated heterocycles. The number of amides is 2. The Morgan fingerprint density at radius 1 is 1.05 bits per heavy atom. The van der Waals surface area contributed by atoms with E-state index in [4.69, 9.17) is 10.9 Å². The first kappa shape index (κ1) is 30.6. The van der Waals surface area contributed by atoms with Crippen LogP contribution >= 0.6 is 0 Å². The highest BCUT2D eigenvalue weighted by Crippen LogP contribution is 2.26. The second kappa shape index (κ2) is 12.6. The molecule has 5 N–H and O–H groups in total. The number of halogens is 1. The second-order valence-electron chi connectivity index (χ2n) is 10.7. The molecule has 2 amide bonds. The highest BCUT2D eigenvalue weighted by atomic mass is 32.2. The van der Waals surface area contributed by atoms with Crippen LogP contribution in [0.4, 0.5) is 4.39 Å². The third-order valence-electron chi connectivity index (χ3n) is 7.88. The Morgan fingerprint density at radius 3 is 2.34 bits per heavy atom. The minimum atomic E-state index is -4.55. The first-order valence-corrected chi connectivity index (χ1v) is 15.3. The van der Waals surface area contributed by atoms with E-state index < -0.39 is 39.1 Å². The zero-order valence-electron chi connectivity index (χ0n) is 23.4. The number of piperazine rings is 1. The molecule has 3 atom stereocenters. The minimum absolute atomic E-state index is 0.137. The Hall–Kier alpha value is -3.38. The molecule has 0 aromatic heterocycles. The first-order valence-electron chi connectivity index (χ1n) is 13.8. The van der Waals surface area contributed by atoms with Crippen LogP contribution in [0.3, 0.4) is 0 Å². The average molecular weight is 584 g/mol. The van der Waals surface area contributed by atoms with Crippen molar-refractivity contribution in [3.8, 4) is 0 Å². The maximum absolute atomic E-state index is 13.9. The third-order valence-corrected chi connectivity index (χ3v) is 9.21. The molecule has 0 aliphatic carbocycles. The van der Waals surface area contributed by atoms with Gasteiger partial charge in [-0.2, -0.15) is 0 Å². The van der Waals surface area contributed by atoms with Gasteiger partial charge in [-0.25, -0.2) is 17.9 Å². The molecule has 0 bridgehead atoms. The Kier molecular flexibility index (Phi) is 9.43. The van der Waals surface area contributed by atoms with E-state index in [1.54, 1.807) is 7.05 Å². The molecule has 1 fully saturated rings. The van der Waals surface area contributed by atoms with Gasteiger partial charge in [0.2, 0.25) is 20.8 Å². The van der Waals surface area contributed by atoms with E-state index in [9.17, 15) is 22.4 Å². The molecule has 1 aliphatic rings. The summed E-state index contributed by atoms with van der Waals surface area (Å²) in [7, 11) is -2.95. The van der Waals surface area contributed by atoms with Crippen LogP contribution in [0, 0.1) is 5.82 Å². The molecule has 9 nitrogen and oxygen atoms in total. The predicted octanol–water partition coefficient (Wildman–Crippen LogP) is 2.14. The van der Waals surface area contributed by atoms with Crippen LogP contribution in [0.5, 0.6) is 0 Å². The lowest BCUT2D eigenvalue weighted by Crippen LogP contribution is -2.68. The summed E-state index contributed by atoms with van der Waals surface area (Å²) >= 11 is 0. The summed E-state index contributed by atoms with van der Waals surface area (Å²) in [6, 6.07) is 18.4. The normalized spacial score (nSPS) is 18.6. The molecule has 0 saturated carbocycles. The number of likely N-dealkylation sites (N-methyl/N-ethyl adjacent to an activating group) is 1. The number of nitrogens with one attached hydrogen (secondary N) is 1. The minimum Gasteiger partial charge on any atom is -0.358 e. The zero-order valence-corrected chi connectivity index (χ0v) is 24.2. The predicted molar refractivity (Wildman–Crippen MR) is 158 cm³/mol. The second-order valence-corrected chi connectivity index (χ2v) is 12.5. The van der Waals surface area contributed by atoms with Crippen molar-refractivity contribution in [3.63, 3.8) is 0 Å². The van der Waals surface area contributed by atoms with Crippen molar-refractivity contribution in [3.05, 3.63) is 83.7 Å². The standard InChI is InChI=1S/C30H38FN5O4S/c1-3-6-26-20-35(27(28(37)34-2)18-22-9-12-23-7-4-5-8-24(23)17-22)15-16-36(26)29(38)30(32,41(33,39)40)19-21-10-13-25(31)14-11-21/h4-5,7-14,17,26-27H,3,6,15-16,18-20,32H2,1-2H3,(H,34,37)(H2,33,39,40). The van der Waals surface area contributed by atoms with Gasteiger partial charge in [0.05, 0.1) is 6.04 Å². The van der Waals surface area contributed by atoms with E-state index in [1.165, 1.54) is 29.2 Å². The van der Waals surface area contributed by atoms with Gasteiger partial charge in [0.15, 0.2) is 0 Å². The Bertz CT molecular complexity index is 1500. The van der Waals surface area contributed by atoms with Gasteiger partial charge in [-0.1, -0.05) is 67.9 Å². The monoisotopic (exact) mass is 583 g/mol. The van der Waals surface area contributed by atoms with Crippen LogP contribution in [0.25, 0.3) is 10.8 Å². The number of hydrogen-bond acceptors (Lipinski definition) is 6. The Labute approximate surface area is 240 Å². The quantitative estimate of drug-likeness (QED) is 0.334. The average Bonchev–Trinajstić information content (AvgIpc) is 2.95. The fourth-order valence-corrected chi connectivity index (χ4v) is 6.33. The summed E-state index contributed by atoms with van der Waals surface area (Å²) in [6.07, 6.45) is 1.38. The van der Waals surface area contributed by atoms with Crippen molar-refractivity contribution >= 4 is 32.6 Å². The van der Waals surface area contributed by atoms with Crippen LogP contribution in [-0.4, -0.2) is 73.7 Å². The lowest BCUT2D eigenvalue weighted by molar-refractivity contribution is -0.140. The molecule has 3 aromatic carbocycles. The van der Waals surface area contributed by atoms with E-state index >= 15 is 0 Å². The molecular formula is C30H38FN5O4S. The van der Waals surface area contributed by atoms with Crippen LogP contribution in [0.1, 0.15) is 30.9 Å². The molecule has 4 rings (SSSR count). The van der Waals surface area contributed by atoms with Crippen molar-refractivity contribution < 1.29 is 22.4 Å². The van der Waals surface area contributed by atoms with Crippen molar-refractivity contribution in [2.24, 2.45) is 10.9 Å². The Morgan fingerprint density at radius 2 is 1.71 bits per heavy atom. The topological polar surface area (TPSA) is 139 Å². The van der Waals surface area contributed by atoms with Crippen LogP contribution in [0.15, 0.2) is 66.7 Å². The molecule has 41 heavy (non-hydrogen) atoms. The molecule has 1 heterocycles. The number of carbonyl (C=O) groups excluding carboxylic acids is 2. The van der Waals surface area contributed by atoms with Crippen molar-refractivity contribution in [2.75, 3.05) is 26.7 Å². The summed E-state index contributed by atoms with van der Waals surface area (Å²) in [5.74, 6) is -1.43. The van der Waals surface area contributed by atoms with Gasteiger partial charge in [-0.3, -0.25) is 14.5 Å². The van der Waals surface area contributed by atoms with Crippen LogP contribution < -0.4 is 16.2 Å². The molecule has 0 spiro atoms. The number of primary sulfonamides is 1. The van der Waals surface area contributed by atoms with Crippen LogP contribution in [0.2, 0.25) is 0 Å². The number of benzene rings is 3. The van der Waals surface area contributed by atoms with E-state index in [1.807, 2.05) is 48.2 Å². The molecule has 11 heteroatoms. The van der Waals surface area contributed by atoms with E-state index in [-0.39, 0.29) is 18.5 Å². The number of nitrogens with two attached hydrogens (primary N) is 2. The van der Waals surface area contributed by atoms with Crippen molar-refractivity contribution in [1.82, 2.24) is 15.1 Å². The summed E-state index contributed by atoms with van der Waals surface area (Å²) in [5, 5.41) is 10.5. The highest BCUT2D eigenvalue weighted by Gasteiger charge is 2.50. The van der Waals surface area contributed by atoms with E-state index in [0.717, 1.165) is 22.8 Å². The van der Waals surface area contributed by atoms with Crippen molar-refractivity contribution in [1.29, 1.82) is 0 Å². The smallest absolute Gasteiger partial charge is 0.260 e. The van der Waals surface area contributed by atoms with Crippen molar-refractivity contribution in [2.45, 2.75) is 49.6 Å². The highest BCUT2D eigenvalue weighted by molar-refractivity contribution is 7.91. The number of hydrogen-bond donors (Lipinski definition) is 3. The number of fused-ring (bicyclic) bond motifs is 1. The number of nitrogens with zero attached hydrogens (tertiary/aromatic N) is 2. The molecule has 3 aromatic rings. The largest absolute Gasteiger partial charge is 0.358 e. The summed E-state index contributed by atoms with van der Waals surface area (Å²) in [4.78, 5) is 28.1. The molecule has 220 valence electrons. The number of rotatable bonds is 10. The maximum Gasteiger partial charge on any atom is 0.260 e. The van der Waals surface area contributed by atoms with E-state index in [0.29, 0.717) is 31.5 Å². The number of carbonyl (C=O) groups is 2. The van der Waals surface area contributed by atoms with Gasteiger partial charge in [0, 0.05) is 39.1 Å². The summed E-state index contributed by atoms with van der Waals surface area (Å²) in [6.45, 7) is 2.85. The fourth-order valence-electron chi connectivity index (χ4n) is 5.60.